The van der Waals surface area contributed by atoms with Gasteiger partial charge in [-0.15, -0.1) is 11.3 Å². The lowest BCUT2D eigenvalue weighted by molar-refractivity contribution is 0.0526. The lowest BCUT2D eigenvalue weighted by Crippen LogP contribution is -2.18. The molecule has 4 rings (SSSR count). The molecule has 190 valence electrons. The summed E-state index contributed by atoms with van der Waals surface area (Å²) in [4.78, 5) is 26.7. The molecule has 0 aliphatic heterocycles. The molecule has 0 fully saturated rings. The molecule has 0 spiro atoms. The molecular formula is C26H27ClN2O5S2. The maximum absolute atomic E-state index is 13.2. The van der Waals surface area contributed by atoms with Crippen LogP contribution < -0.4 is 10.0 Å². The van der Waals surface area contributed by atoms with Gasteiger partial charge in [-0.25, -0.2) is 13.2 Å². The lowest BCUT2D eigenvalue weighted by Gasteiger charge is -2.13. The zero-order valence-electron chi connectivity index (χ0n) is 20.2. The van der Waals surface area contributed by atoms with Gasteiger partial charge in [0.05, 0.1) is 17.2 Å². The van der Waals surface area contributed by atoms with Crippen LogP contribution in [0.3, 0.4) is 0 Å². The molecule has 1 aliphatic carbocycles. The molecule has 36 heavy (non-hydrogen) atoms. The first-order chi connectivity index (χ1) is 17.1. The molecule has 2 N–H and O–H groups in total. The molecule has 1 heterocycles. The average molecular weight is 547 g/mol. The van der Waals surface area contributed by atoms with E-state index >= 15 is 0 Å². The summed E-state index contributed by atoms with van der Waals surface area (Å²) >= 11 is 7.60. The van der Waals surface area contributed by atoms with Crippen molar-refractivity contribution in [2.45, 2.75) is 51.3 Å². The van der Waals surface area contributed by atoms with Crippen molar-refractivity contribution in [3.63, 3.8) is 0 Å². The molecule has 0 radical (unpaired) electrons. The van der Waals surface area contributed by atoms with Crippen LogP contribution >= 0.6 is 22.9 Å². The Hall–Kier alpha value is -2.88. The second-order valence-corrected chi connectivity index (χ2v) is 11.9. The van der Waals surface area contributed by atoms with Crippen LogP contribution in [0.1, 0.15) is 62.0 Å². The molecule has 1 aliphatic rings. The fourth-order valence-electron chi connectivity index (χ4n) is 4.34. The number of nitrogens with one attached hydrogen (secondary N) is 2. The first-order valence-corrected chi connectivity index (χ1v) is 14.3. The van der Waals surface area contributed by atoms with E-state index in [2.05, 4.69) is 10.0 Å². The molecule has 10 heteroatoms. The SMILES string of the molecule is CCOC(=O)c1c(NC(=O)c2ccc(Cl)c(S(=O)(=O)Nc3cc(C)cc(C)c3)c2)sc2c1CCCC2. The number of fused-ring (bicyclic) bond motifs is 1. The second-order valence-electron chi connectivity index (χ2n) is 8.72. The summed E-state index contributed by atoms with van der Waals surface area (Å²) in [7, 11) is -4.07. The number of sulfonamides is 1. The van der Waals surface area contributed by atoms with Crippen molar-refractivity contribution < 1.29 is 22.7 Å². The first kappa shape index (κ1) is 26.2. The Balaban J connectivity index is 1.64. The number of carbonyl (C=O) groups excluding carboxylic acids is 2. The number of esters is 1. The Morgan fingerprint density at radius 1 is 1.06 bits per heavy atom. The van der Waals surface area contributed by atoms with Gasteiger partial charge in [0.2, 0.25) is 0 Å². The minimum atomic E-state index is -4.07. The number of anilines is 2. The standard InChI is InChI=1S/C26H27ClN2O5S2/c1-4-34-26(31)23-19-7-5-6-8-21(19)35-25(23)28-24(30)17-9-10-20(27)22(14-17)36(32,33)29-18-12-15(2)11-16(3)13-18/h9-14,29H,4-8H2,1-3H3,(H,28,30). The number of hydrogen-bond acceptors (Lipinski definition) is 6. The van der Waals surface area contributed by atoms with E-state index in [4.69, 9.17) is 16.3 Å². The highest BCUT2D eigenvalue weighted by Gasteiger charge is 2.28. The number of amides is 1. The van der Waals surface area contributed by atoms with Gasteiger partial charge >= 0.3 is 5.97 Å². The number of aryl methyl sites for hydroxylation is 3. The van der Waals surface area contributed by atoms with Crippen molar-refractivity contribution in [2.75, 3.05) is 16.6 Å². The van der Waals surface area contributed by atoms with E-state index in [1.54, 1.807) is 19.1 Å². The summed E-state index contributed by atoms with van der Waals surface area (Å²) in [6, 6.07) is 9.42. The molecule has 1 amide bonds. The van der Waals surface area contributed by atoms with Crippen molar-refractivity contribution in [1.82, 2.24) is 0 Å². The zero-order chi connectivity index (χ0) is 26.0. The third-order valence-corrected chi connectivity index (χ3v) is 8.90. The normalized spacial score (nSPS) is 13.1. The van der Waals surface area contributed by atoms with Gasteiger partial charge in [0, 0.05) is 16.1 Å². The van der Waals surface area contributed by atoms with Crippen LogP contribution in [-0.2, 0) is 27.6 Å². The van der Waals surface area contributed by atoms with E-state index < -0.39 is 21.9 Å². The van der Waals surface area contributed by atoms with Gasteiger partial charge < -0.3 is 10.1 Å². The number of rotatable bonds is 7. The summed E-state index contributed by atoms with van der Waals surface area (Å²) in [5.41, 5.74) is 3.63. The average Bonchev–Trinajstić information content (AvgIpc) is 3.16. The molecule has 7 nitrogen and oxygen atoms in total. The Labute approximate surface area is 219 Å². The molecule has 0 bridgehead atoms. The Kier molecular flexibility index (Phi) is 7.73. The monoisotopic (exact) mass is 546 g/mol. The highest BCUT2D eigenvalue weighted by molar-refractivity contribution is 7.92. The Morgan fingerprint density at radius 2 is 1.75 bits per heavy atom. The van der Waals surface area contributed by atoms with Crippen molar-refractivity contribution in [1.29, 1.82) is 0 Å². The van der Waals surface area contributed by atoms with Crippen LogP contribution in [0.5, 0.6) is 0 Å². The van der Waals surface area contributed by atoms with E-state index in [0.717, 1.165) is 47.3 Å². The van der Waals surface area contributed by atoms with Gasteiger partial charge in [-0.2, -0.15) is 0 Å². The minimum absolute atomic E-state index is 0.0118. The maximum Gasteiger partial charge on any atom is 0.341 e. The van der Waals surface area contributed by atoms with Gasteiger partial charge in [0.25, 0.3) is 15.9 Å². The predicted octanol–water partition coefficient (Wildman–Crippen LogP) is 6.13. The molecule has 2 aromatic carbocycles. The van der Waals surface area contributed by atoms with Crippen molar-refractivity contribution in [2.24, 2.45) is 0 Å². The smallest absolute Gasteiger partial charge is 0.341 e. The van der Waals surface area contributed by atoms with E-state index in [-0.39, 0.29) is 22.1 Å². The molecular weight excluding hydrogens is 520 g/mol. The third-order valence-electron chi connectivity index (χ3n) is 5.83. The van der Waals surface area contributed by atoms with Crippen LogP contribution in [0.2, 0.25) is 5.02 Å². The Bertz CT molecular complexity index is 1430. The van der Waals surface area contributed by atoms with Crippen LogP contribution in [-0.4, -0.2) is 26.9 Å². The number of benzene rings is 2. The minimum Gasteiger partial charge on any atom is -0.462 e. The summed E-state index contributed by atoms with van der Waals surface area (Å²) in [6.45, 7) is 5.70. The van der Waals surface area contributed by atoms with E-state index in [9.17, 15) is 18.0 Å². The predicted molar refractivity (Wildman–Crippen MR) is 143 cm³/mol. The molecule has 0 saturated heterocycles. The van der Waals surface area contributed by atoms with E-state index in [0.29, 0.717) is 16.3 Å². The molecule has 0 unspecified atom stereocenters. The first-order valence-electron chi connectivity index (χ1n) is 11.6. The summed E-state index contributed by atoms with van der Waals surface area (Å²) in [6.07, 6.45) is 3.59. The number of thiophene rings is 1. The highest BCUT2D eigenvalue weighted by atomic mass is 35.5. The van der Waals surface area contributed by atoms with Gasteiger partial charge in [0.15, 0.2) is 0 Å². The van der Waals surface area contributed by atoms with Gasteiger partial charge in [-0.3, -0.25) is 9.52 Å². The zero-order valence-corrected chi connectivity index (χ0v) is 22.6. The van der Waals surface area contributed by atoms with E-state index in [1.165, 1.54) is 29.5 Å². The second kappa shape index (κ2) is 10.6. The highest BCUT2D eigenvalue weighted by Crippen LogP contribution is 2.39. The van der Waals surface area contributed by atoms with Crippen LogP contribution in [0.15, 0.2) is 41.3 Å². The fourth-order valence-corrected chi connectivity index (χ4v) is 7.18. The summed E-state index contributed by atoms with van der Waals surface area (Å²) in [5.74, 6) is -1.01. The van der Waals surface area contributed by atoms with Crippen molar-refractivity contribution in [3.8, 4) is 0 Å². The van der Waals surface area contributed by atoms with Crippen LogP contribution in [0, 0.1) is 13.8 Å². The van der Waals surface area contributed by atoms with Crippen molar-refractivity contribution >= 4 is 55.5 Å². The summed E-state index contributed by atoms with van der Waals surface area (Å²) in [5, 5.41) is 3.21. The summed E-state index contributed by atoms with van der Waals surface area (Å²) < 4.78 is 34.1. The molecule has 0 saturated carbocycles. The maximum atomic E-state index is 13.2. The van der Waals surface area contributed by atoms with E-state index in [1.807, 2.05) is 19.9 Å². The number of hydrogen-bond donors (Lipinski definition) is 2. The third kappa shape index (κ3) is 5.58. The van der Waals surface area contributed by atoms with Gasteiger partial charge in [-0.05, 0) is 93.5 Å². The Morgan fingerprint density at radius 3 is 2.44 bits per heavy atom. The van der Waals surface area contributed by atoms with Crippen LogP contribution in [0.4, 0.5) is 10.7 Å². The number of carbonyl (C=O) groups is 2. The van der Waals surface area contributed by atoms with Gasteiger partial charge in [-0.1, -0.05) is 17.7 Å². The van der Waals surface area contributed by atoms with Crippen LogP contribution in [0.25, 0.3) is 0 Å². The van der Waals surface area contributed by atoms with Gasteiger partial charge in [0.1, 0.15) is 9.90 Å². The topological polar surface area (TPSA) is 102 Å². The quantitative estimate of drug-likeness (QED) is 0.347. The number of ether oxygens (including phenoxy) is 1. The molecule has 3 aromatic rings. The molecule has 0 atom stereocenters. The van der Waals surface area contributed by atoms with Crippen molar-refractivity contribution in [3.05, 3.63) is 74.1 Å². The lowest BCUT2D eigenvalue weighted by atomic mass is 9.95. The largest absolute Gasteiger partial charge is 0.462 e. The fraction of sp³-hybridized carbons (Fsp3) is 0.308. The molecule has 1 aromatic heterocycles. The number of halogens is 1.